The van der Waals surface area contributed by atoms with E-state index in [9.17, 15) is 0 Å². The summed E-state index contributed by atoms with van der Waals surface area (Å²) >= 11 is 6.16. The summed E-state index contributed by atoms with van der Waals surface area (Å²) < 4.78 is 5.87. The zero-order chi connectivity index (χ0) is 13.9. The van der Waals surface area contributed by atoms with Crippen LogP contribution in [-0.2, 0) is 0 Å². The number of pyridine rings is 2. The Morgan fingerprint density at radius 3 is 2.95 bits per heavy atom. The van der Waals surface area contributed by atoms with E-state index in [0.717, 1.165) is 16.6 Å². The average Bonchev–Trinajstić information content (AvgIpc) is 2.51. The number of aromatic nitrogens is 2. The van der Waals surface area contributed by atoms with Gasteiger partial charge in [0.2, 0.25) is 0 Å². The minimum Gasteiger partial charge on any atom is -0.453 e. The molecule has 0 bridgehead atoms. The van der Waals surface area contributed by atoms with E-state index in [1.54, 1.807) is 24.7 Å². The monoisotopic (exact) mass is 285 g/mol. The molecule has 0 aliphatic carbocycles. The summed E-state index contributed by atoms with van der Waals surface area (Å²) in [5.41, 5.74) is 1.61. The molecule has 0 atom stereocenters. The molecule has 1 N–H and O–H groups in total. The molecule has 0 aliphatic rings. The second kappa shape index (κ2) is 5.35. The predicted molar refractivity (Wildman–Crippen MR) is 80.6 cm³/mol. The van der Waals surface area contributed by atoms with E-state index in [1.165, 1.54) is 0 Å². The van der Waals surface area contributed by atoms with Crippen molar-refractivity contribution in [3.8, 4) is 11.5 Å². The minimum absolute atomic E-state index is 0.645. The lowest BCUT2D eigenvalue weighted by atomic mass is 10.2. The third-order valence-electron chi connectivity index (χ3n) is 2.91. The van der Waals surface area contributed by atoms with E-state index in [1.807, 2.05) is 31.3 Å². The van der Waals surface area contributed by atoms with Gasteiger partial charge in [-0.05, 0) is 24.3 Å². The van der Waals surface area contributed by atoms with Crippen LogP contribution in [0.25, 0.3) is 10.9 Å². The normalized spacial score (nSPS) is 10.5. The van der Waals surface area contributed by atoms with E-state index in [2.05, 4.69) is 15.3 Å². The molecule has 4 nitrogen and oxygen atoms in total. The van der Waals surface area contributed by atoms with Gasteiger partial charge in [0, 0.05) is 24.7 Å². The van der Waals surface area contributed by atoms with Crippen molar-refractivity contribution in [1.82, 2.24) is 9.97 Å². The Labute approximate surface area is 121 Å². The van der Waals surface area contributed by atoms with Crippen molar-refractivity contribution >= 4 is 28.2 Å². The molecule has 0 unspecified atom stereocenters. The Hall–Kier alpha value is -2.33. The van der Waals surface area contributed by atoms with Gasteiger partial charge in [-0.15, -0.1) is 0 Å². The lowest BCUT2D eigenvalue weighted by molar-refractivity contribution is 0.485. The smallest absolute Gasteiger partial charge is 0.153 e. The summed E-state index contributed by atoms with van der Waals surface area (Å²) in [6.07, 6.45) is 5.10. The van der Waals surface area contributed by atoms with Gasteiger partial charge in [-0.3, -0.25) is 9.97 Å². The zero-order valence-electron chi connectivity index (χ0n) is 10.8. The van der Waals surface area contributed by atoms with Crippen molar-refractivity contribution < 1.29 is 4.74 Å². The molecule has 2 aromatic heterocycles. The number of nitrogens with zero attached hydrogens (tertiary/aromatic N) is 2. The summed E-state index contributed by atoms with van der Waals surface area (Å²) in [5, 5.41) is 4.54. The average molecular weight is 286 g/mol. The van der Waals surface area contributed by atoms with Crippen LogP contribution >= 0.6 is 11.6 Å². The fourth-order valence-corrected chi connectivity index (χ4v) is 2.15. The molecule has 20 heavy (non-hydrogen) atoms. The predicted octanol–water partition coefficient (Wildman–Crippen LogP) is 4.12. The van der Waals surface area contributed by atoms with Gasteiger partial charge >= 0.3 is 0 Å². The molecule has 3 rings (SSSR count). The van der Waals surface area contributed by atoms with Crippen LogP contribution in [0.5, 0.6) is 11.5 Å². The fourth-order valence-electron chi connectivity index (χ4n) is 1.93. The first-order chi connectivity index (χ1) is 9.78. The van der Waals surface area contributed by atoms with E-state index in [4.69, 9.17) is 16.3 Å². The Morgan fingerprint density at radius 2 is 2.10 bits per heavy atom. The third-order valence-corrected chi connectivity index (χ3v) is 3.24. The highest BCUT2D eigenvalue weighted by molar-refractivity contribution is 6.35. The van der Waals surface area contributed by atoms with Crippen LogP contribution in [0.3, 0.4) is 0 Å². The second-order valence-corrected chi connectivity index (χ2v) is 4.61. The molecule has 0 saturated heterocycles. The van der Waals surface area contributed by atoms with E-state index >= 15 is 0 Å². The first-order valence-electron chi connectivity index (χ1n) is 6.12. The maximum absolute atomic E-state index is 6.16. The van der Waals surface area contributed by atoms with Crippen molar-refractivity contribution in [3.05, 3.63) is 53.9 Å². The van der Waals surface area contributed by atoms with Crippen molar-refractivity contribution in [2.75, 3.05) is 12.4 Å². The summed E-state index contributed by atoms with van der Waals surface area (Å²) in [4.78, 5) is 8.45. The van der Waals surface area contributed by atoms with E-state index < -0.39 is 0 Å². The van der Waals surface area contributed by atoms with Crippen molar-refractivity contribution in [3.63, 3.8) is 0 Å². The first-order valence-corrected chi connectivity index (χ1v) is 6.49. The number of anilines is 1. The lowest BCUT2D eigenvalue weighted by Crippen LogP contribution is -1.92. The Balaban J connectivity index is 2.04. The van der Waals surface area contributed by atoms with E-state index in [-0.39, 0.29) is 0 Å². The lowest BCUT2D eigenvalue weighted by Gasteiger charge is -2.09. The summed E-state index contributed by atoms with van der Waals surface area (Å²) in [7, 11) is 1.83. The number of fused-ring (bicyclic) bond motifs is 1. The molecule has 1 aromatic carbocycles. The number of rotatable bonds is 3. The Kier molecular flexibility index (Phi) is 3.39. The summed E-state index contributed by atoms with van der Waals surface area (Å²) in [6.45, 7) is 0. The van der Waals surface area contributed by atoms with Crippen LogP contribution < -0.4 is 10.1 Å². The van der Waals surface area contributed by atoms with E-state index in [0.29, 0.717) is 16.5 Å². The quantitative estimate of drug-likeness (QED) is 0.786. The van der Waals surface area contributed by atoms with Crippen LogP contribution in [0, 0.1) is 0 Å². The van der Waals surface area contributed by atoms with Gasteiger partial charge in [0.1, 0.15) is 11.3 Å². The molecule has 0 spiro atoms. The summed E-state index contributed by atoms with van der Waals surface area (Å²) in [5.74, 6) is 1.30. The molecule has 2 heterocycles. The molecule has 3 aromatic rings. The van der Waals surface area contributed by atoms with Crippen LogP contribution in [0.15, 0.2) is 48.9 Å². The maximum atomic E-state index is 6.16. The Morgan fingerprint density at radius 1 is 1.20 bits per heavy atom. The number of hydrogen-bond acceptors (Lipinski definition) is 4. The van der Waals surface area contributed by atoms with Crippen LogP contribution in [0.2, 0.25) is 5.02 Å². The number of hydrogen-bond donors (Lipinski definition) is 1. The van der Waals surface area contributed by atoms with Crippen LogP contribution in [-0.4, -0.2) is 17.0 Å². The van der Waals surface area contributed by atoms with Gasteiger partial charge < -0.3 is 10.1 Å². The molecule has 100 valence electrons. The van der Waals surface area contributed by atoms with Gasteiger partial charge in [-0.1, -0.05) is 11.6 Å². The molecular weight excluding hydrogens is 274 g/mol. The van der Waals surface area contributed by atoms with Gasteiger partial charge in [0.15, 0.2) is 5.75 Å². The van der Waals surface area contributed by atoms with Crippen LogP contribution in [0.1, 0.15) is 0 Å². The molecule has 0 fully saturated rings. The molecule has 0 radical (unpaired) electrons. The highest BCUT2D eigenvalue weighted by Crippen LogP contribution is 2.32. The van der Waals surface area contributed by atoms with Gasteiger partial charge in [0.25, 0.3) is 0 Å². The zero-order valence-corrected chi connectivity index (χ0v) is 11.6. The van der Waals surface area contributed by atoms with Gasteiger partial charge in [-0.25, -0.2) is 0 Å². The Bertz CT molecular complexity index is 761. The van der Waals surface area contributed by atoms with Crippen LogP contribution in [0.4, 0.5) is 5.69 Å². The number of benzene rings is 1. The number of nitrogens with one attached hydrogen (secondary N) is 1. The van der Waals surface area contributed by atoms with Crippen molar-refractivity contribution in [2.24, 2.45) is 0 Å². The van der Waals surface area contributed by atoms with Crippen molar-refractivity contribution in [1.29, 1.82) is 0 Å². The first kappa shape index (κ1) is 12.7. The molecular formula is C15H12ClN3O. The highest BCUT2D eigenvalue weighted by Gasteiger charge is 2.08. The molecule has 0 saturated carbocycles. The van der Waals surface area contributed by atoms with Gasteiger partial charge in [-0.2, -0.15) is 0 Å². The number of ether oxygens (including phenoxy) is 1. The molecule has 5 heteroatoms. The van der Waals surface area contributed by atoms with Gasteiger partial charge in [0.05, 0.1) is 23.1 Å². The molecule has 0 aliphatic heterocycles. The topological polar surface area (TPSA) is 47.0 Å². The highest BCUT2D eigenvalue weighted by atomic mass is 35.5. The van der Waals surface area contributed by atoms with Crippen molar-refractivity contribution in [2.45, 2.75) is 0 Å². The third kappa shape index (κ3) is 2.38. The largest absolute Gasteiger partial charge is 0.453 e. The summed E-state index contributed by atoms with van der Waals surface area (Å²) in [6, 6.07) is 9.25. The standard InChI is InChI=1S/C15H12ClN3O/c1-17-10-7-11(9-18-8-10)20-14-5-4-13(16)12-3-2-6-19-15(12)14/h2-9,17H,1H3. The second-order valence-electron chi connectivity index (χ2n) is 4.21. The molecule has 0 amide bonds. The minimum atomic E-state index is 0.645. The number of halogens is 1. The SMILES string of the molecule is CNc1cncc(Oc2ccc(Cl)c3cccnc23)c1. The fraction of sp³-hybridized carbons (Fsp3) is 0.0667. The maximum Gasteiger partial charge on any atom is 0.153 e.